The minimum Gasteiger partial charge on any atom is -0.493 e. The quantitative estimate of drug-likeness (QED) is 0.696. The van der Waals surface area contributed by atoms with Crippen LogP contribution >= 0.6 is 0 Å². The van der Waals surface area contributed by atoms with Gasteiger partial charge in [0.1, 0.15) is 5.76 Å². The number of hydrogen-bond acceptors (Lipinski definition) is 5. The Hall–Kier alpha value is -2.96. The van der Waals surface area contributed by atoms with E-state index >= 15 is 0 Å². The minimum atomic E-state index is -0.308. The first kappa shape index (κ1) is 19.8. The molecule has 0 saturated carbocycles. The maximum absolute atomic E-state index is 12.7. The maximum atomic E-state index is 12.7. The zero-order valence-electron chi connectivity index (χ0n) is 16.5. The number of rotatable bonds is 8. The summed E-state index contributed by atoms with van der Waals surface area (Å²) in [7, 11) is 4.93. The fraction of sp³-hybridized carbons (Fsp3) is 0.429. The molecule has 2 aromatic rings. The highest BCUT2D eigenvalue weighted by atomic mass is 16.5. The summed E-state index contributed by atoms with van der Waals surface area (Å²) in [6.07, 6.45) is 2.53. The van der Waals surface area contributed by atoms with Crippen molar-refractivity contribution in [3.05, 3.63) is 47.9 Å². The molecule has 2 amide bonds. The molecule has 1 fully saturated rings. The smallest absolute Gasteiger partial charge is 0.228 e. The van der Waals surface area contributed by atoms with E-state index in [9.17, 15) is 9.59 Å². The van der Waals surface area contributed by atoms with E-state index in [1.807, 2.05) is 24.3 Å². The summed E-state index contributed by atoms with van der Waals surface area (Å²) in [5.74, 6) is 1.75. The largest absolute Gasteiger partial charge is 0.493 e. The number of hydrogen-bond donors (Lipinski definition) is 0. The van der Waals surface area contributed by atoms with Gasteiger partial charge in [-0.1, -0.05) is 6.07 Å². The molecule has 0 spiro atoms. The molecule has 0 radical (unpaired) electrons. The SMILES string of the molecule is COc1ccc(CCN2C[C@@H](C(=O)N(C)Cc3ccco3)CC2=O)cc1OC. The van der Waals surface area contributed by atoms with Crippen molar-refractivity contribution in [2.24, 2.45) is 5.92 Å². The number of amides is 2. The lowest BCUT2D eigenvalue weighted by atomic mass is 10.1. The van der Waals surface area contributed by atoms with Gasteiger partial charge in [0, 0.05) is 26.6 Å². The molecule has 1 aromatic carbocycles. The Labute approximate surface area is 164 Å². The number of ether oxygens (including phenoxy) is 2. The van der Waals surface area contributed by atoms with Gasteiger partial charge >= 0.3 is 0 Å². The van der Waals surface area contributed by atoms with E-state index < -0.39 is 0 Å². The Morgan fingerprint density at radius 3 is 2.71 bits per heavy atom. The van der Waals surface area contributed by atoms with Crippen LogP contribution in [0.15, 0.2) is 41.0 Å². The first-order chi connectivity index (χ1) is 13.5. The zero-order chi connectivity index (χ0) is 20.1. The molecule has 7 nitrogen and oxygen atoms in total. The van der Waals surface area contributed by atoms with Crippen molar-refractivity contribution >= 4 is 11.8 Å². The maximum Gasteiger partial charge on any atom is 0.228 e. The Morgan fingerprint density at radius 2 is 2.04 bits per heavy atom. The molecular formula is C21H26N2O5. The summed E-state index contributed by atoms with van der Waals surface area (Å²) in [5, 5.41) is 0. The van der Waals surface area contributed by atoms with Gasteiger partial charge in [-0.15, -0.1) is 0 Å². The lowest BCUT2D eigenvalue weighted by Gasteiger charge is -2.21. The number of likely N-dealkylation sites (tertiary alicyclic amines) is 1. The van der Waals surface area contributed by atoms with Gasteiger partial charge in [-0.2, -0.15) is 0 Å². The van der Waals surface area contributed by atoms with E-state index in [-0.39, 0.29) is 24.2 Å². The van der Waals surface area contributed by atoms with Gasteiger partial charge in [0.25, 0.3) is 0 Å². The minimum absolute atomic E-state index is 0.0187. The molecule has 1 aromatic heterocycles. The highest BCUT2D eigenvalue weighted by Gasteiger charge is 2.35. The third-order valence-electron chi connectivity index (χ3n) is 5.03. The van der Waals surface area contributed by atoms with Crippen LogP contribution < -0.4 is 9.47 Å². The standard InChI is InChI=1S/C21H26N2O5/c1-22(14-17-5-4-10-28-17)21(25)16-12-20(24)23(13-16)9-8-15-6-7-18(26-2)19(11-15)27-3/h4-7,10-11,16H,8-9,12-14H2,1-3H3/t16-/m0/s1. The van der Waals surface area contributed by atoms with Gasteiger partial charge in [-0.3, -0.25) is 9.59 Å². The van der Waals surface area contributed by atoms with E-state index in [0.717, 1.165) is 11.3 Å². The number of nitrogens with zero attached hydrogens (tertiary/aromatic N) is 2. The highest BCUT2D eigenvalue weighted by molar-refractivity contribution is 5.89. The highest BCUT2D eigenvalue weighted by Crippen LogP contribution is 2.28. The van der Waals surface area contributed by atoms with Crippen LogP contribution in [0.2, 0.25) is 0 Å². The van der Waals surface area contributed by atoms with Gasteiger partial charge in [0.05, 0.1) is 32.9 Å². The first-order valence-electron chi connectivity index (χ1n) is 9.28. The van der Waals surface area contributed by atoms with Crippen molar-refractivity contribution in [3.63, 3.8) is 0 Å². The van der Waals surface area contributed by atoms with Gasteiger partial charge in [0.2, 0.25) is 11.8 Å². The molecule has 0 aliphatic carbocycles. The van der Waals surface area contributed by atoms with Crippen molar-refractivity contribution in [1.29, 1.82) is 0 Å². The van der Waals surface area contributed by atoms with Crippen LogP contribution in [-0.4, -0.2) is 56.0 Å². The summed E-state index contributed by atoms with van der Waals surface area (Å²) in [5.41, 5.74) is 1.05. The lowest BCUT2D eigenvalue weighted by molar-refractivity contribution is -0.135. The van der Waals surface area contributed by atoms with Crippen molar-refractivity contribution < 1.29 is 23.5 Å². The number of carbonyl (C=O) groups is 2. The summed E-state index contributed by atoms with van der Waals surface area (Å²) in [6, 6.07) is 9.36. The van der Waals surface area contributed by atoms with Gasteiger partial charge in [-0.25, -0.2) is 0 Å². The molecule has 1 aliphatic heterocycles. The monoisotopic (exact) mass is 386 g/mol. The predicted octanol–water partition coefficient (Wildman–Crippen LogP) is 2.35. The predicted molar refractivity (Wildman–Crippen MR) is 103 cm³/mol. The van der Waals surface area contributed by atoms with Crippen LogP contribution in [0.25, 0.3) is 0 Å². The van der Waals surface area contributed by atoms with Crippen molar-refractivity contribution in [1.82, 2.24) is 9.80 Å². The molecule has 1 saturated heterocycles. The molecule has 3 rings (SSSR count). The summed E-state index contributed by atoms with van der Waals surface area (Å²) < 4.78 is 15.9. The van der Waals surface area contributed by atoms with Crippen LogP contribution in [0.4, 0.5) is 0 Å². The van der Waals surface area contributed by atoms with Crippen molar-refractivity contribution in [2.45, 2.75) is 19.4 Å². The Kier molecular flexibility index (Phi) is 6.23. The van der Waals surface area contributed by atoms with Crippen LogP contribution in [0.3, 0.4) is 0 Å². The van der Waals surface area contributed by atoms with Crippen LogP contribution in [0, 0.1) is 5.92 Å². The fourth-order valence-corrected chi connectivity index (χ4v) is 3.48. The summed E-state index contributed by atoms with van der Waals surface area (Å²) in [4.78, 5) is 28.4. The number of furan rings is 1. The summed E-state index contributed by atoms with van der Waals surface area (Å²) in [6.45, 7) is 1.43. The Balaban J connectivity index is 1.55. The van der Waals surface area contributed by atoms with Crippen molar-refractivity contribution in [2.75, 3.05) is 34.4 Å². The fourth-order valence-electron chi connectivity index (χ4n) is 3.48. The zero-order valence-corrected chi connectivity index (χ0v) is 16.5. The number of carbonyl (C=O) groups excluding carboxylic acids is 2. The third kappa shape index (κ3) is 4.47. The van der Waals surface area contributed by atoms with E-state index in [2.05, 4.69) is 0 Å². The van der Waals surface area contributed by atoms with E-state index in [4.69, 9.17) is 13.9 Å². The molecule has 0 N–H and O–H groups in total. The lowest BCUT2D eigenvalue weighted by Crippen LogP contribution is -2.34. The third-order valence-corrected chi connectivity index (χ3v) is 5.03. The number of benzene rings is 1. The average Bonchev–Trinajstić information content (AvgIpc) is 3.35. The van der Waals surface area contributed by atoms with Crippen LogP contribution in [-0.2, 0) is 22.6 Å². The molecular weight excluding hydrogens is 360 g/mol. The number of methoxy groups -OCH3 is 2. The van der Waals surface area contributed by atoms with E-state index in [1.165, 1.54) is 0 Å². The normalized spacial score (nSPS) is 16.3. The molecule has 1 aliphatic rings. The summed E-state index contributed by atoms with van der Waals surface area (Å²) >= 11 is 0. The second kappa shape index (κ2) is 8.82. The molecule has 28 heavy (non-hydrogen) atoms. The topological polar surface area (TPSA) is 72.2 Å². The Bertz CT molecular complexity index is 818. The molecule has 2 heterocycles. The van der Waals surface area contributed by atoms with Gasteiger partial charge in [0.15, 0.2) is 11.5 Å². The van der Waals surface area contributed by atoms with E-state index in [0.29, 0.717) is 37.6 Å². The molecule has 0 unspecified atom stereocenters. The second-order valence-corrected chi connectivity index (χ2v) is 6.95. The van der Waals surface area contributed by atoms with Crippen molar-refractivity contribution in [3.8, 4) is 11.5 Å². The molecule has 150 valence electrons. The second-order valence-electron chi connectivity index (χ2n) is 6.95. The average molecular weight is 386 g/mol. The molecule has 1 atom stereocenters. The van der Waals surface area contributed by atoms with Gasteiger partial charge in [-0.05, 0) is 36.2 Å². The van der Waals surface area contributed by atoms with Crippen LogP contribution in [0.5, 0.6) is 11.5 Å². The first-order valence-corrected chi connectivity index (χ1v) is 9.28. The molecule has 0 bridgehead atoms. The van der Waals surface area contributed by atoms with Gasteiger partial charge < -0.3 is 23.7 Å². The molecule has 7 heteroatoms. The Morgan fingerprint density at radius 1 is 1.25 bits per heavy atom. The van der Waals surface area contributed by atoms with Crippen LogP contribution in [0.1, 0.15) is 17.7 Å². The van der Waals surface area contributed by atoms with E-state index in [1.54, 1.807) is 43.4 Å².